The molecule has 1 heterocycles. The number of methoxy groups -OCH3 is 6. The van der Waals surface area contributed by atoms with Crippen LogP contribution >= 0.6 is 11.3 Å². The molecule has 0 fully saturated rings. The van der Waals surface area contributed by atoms with E-state index in [0.29, 0.717) is 37.9 Å². The first-order chi connectivity index (χ1) is 17.6. The normalized spacial score (nSPS) is 11.0. The van der Waals surface area contributed by atoms with Crippen LogP contribution < -0.4 is 36.3 Å². The Kier molecular flexibility index (Phi) is 13.5. The van der Waals surface area contributed by atoms with Crippen molar-refractivity contribution in [1.29, 1.82) is 0 Å². The summed E-state index contributed by atoms with van der Waals surface area (Å²) in [5.74, 6) is 1.43. The molecule has 0 saturated carbocycles. The maximum absolute atomic E-state index is 5.78. The zero-order valence-electron chi connectivity index (χ0n) is 22.5. The molecule has 0 amide bonds. The summed E-state index contributed by atoms with van der Waals surface area (Å²) in [6.45, 7) is 5.42. The minimum absolute atomic E-state index is 0. The van der Waals surface area contributed by atoms with E-state index in [4.69, 9.17) is 33.4 Å². The summed E-state index contributed by atoms with van der Waals surface area (Å²) in [6, 6.07) is 8.37. The molecule has 0 aliphatic heterocycles. The van der Waals surface area contributed by atoms with Gasteiger partial charge in [-0.2, -0.15) is 0 Å². The molecule has 1 aromatic heterocycles. The predicted octanol–water partition coefficient (Wildman–Crippen LogP) is 0.950. The Morgan fingerprint density at radius 3 is 1.24 bits per heavy atom. The van der Waals surface area contributed by atoms with E-state index >= 15 is 0 Å². The molecule has 11 heteroatoms. The number of fused-ring (bicyclic) bond motifs is 2. The van der Waals surface area contributed by atoms with E-state index < -0.39 is 0 Å². The molecule has 2 aromatic carbocycles. The summed E-state index contributed by atoms with van der Waals surface area (Å²) in [6.07, 6.45) is 0. The second kappa shape index (κ2) is 16.1. The average molecular weight is 601 g/mol. The van der Waals surface area contributed by atoms with Crippen molar-refractivity contribution in [2.75, 3.05) is 105 Å². The quantitative estimate of drug-likeness (QED) is 0.177. The van der Waals surface area contributed by atoms with Crippen LogP contribution in [0.3, 0.4) is 0 Å². The van der Waals surface area contributed by atoms with Crippen LogP contribution in [-0.2, 0) is 18.9 Å². The number of anilines is 2. The number of hydrogen-bond acceptors (Lipinski definition) is 9. The molecule has 0 unspecified atom stereocenters. The van der Waals surface area contributed by atoms with Gasteiger partial charge in [-0.05, 0) is 0 Å². The van der Waals surface area contributed by atoms with Crippen molar-refractivity contribution in [3.8, 4) is 11.5 Å². The van der Waals surface area contributed by atoms with Gasteiger partial charge in [0.1, 0.15) is 0 Å². The Bertz CT molecular complexity index is 1020. The first-order valence-electron chi connectivity index (χ1n) is 11.9. The van der Waals surface area contributed by atoms with Crippen LogP contribution in [0.25, 0.3) is 20.4 Å². The van der Waals surface area contributed by atoms with Gasteiger partial charge in [-0.25, -0.2) is 4.98 Å². The van der Waals surface area contributed by atoms with Crippen molar-refractivity contribution < 1.29 is 45.4 Å². The molecule has 0 spiro atoms. The molecule has 0 aliphatic carbocycles. The van der Waals surface area contributed by atoms with Crippen molar-refractivity contribution >= 4 is 43.1 Å². The van der Waals surface area contributed by atoms with Crippen LogP contribution in [0, 0.1) is 0 Å². The monoisotopic (exact) mass is 599 g/mol. The van der Waals surface area contributed by atoms with Crippen LogP contribution in [-0.4, -0.2) is 100 Å². The molecule has 0 saturated heterocycles. The van der Waals surface area contributed by atoms with E-state index in [1.54, 1.807) is 54.0 Å². The fraction of sp³-hybridized carbons (Fsp3) is 0.538. The van der Waals surface area contributed by atoms with Gasteiger partial charge in [0.05, 0.1) is 40.6 Å². The molecular weight excluding hydrogens is 562 g/mol. The molecular formula is C26H38BrN3O6S. The highest BCUT2D eigenvalue weighted by molar-refractivity contribution is 7.24. The van der Waals surface area contributed by atoms with Crippen LogP contribution in [0.5, 0.6) is 11.5 Å². The maximum atomic E-state index is 5.78. The van der Waals surface area contributed by atoms with Gasteiger partial charge < -0.3 is 55.2 Å². The van der Waals surface area contributed by atoms with E-state index in [0.717, 1.165) is 58.0 Å². The Balaban J connectivity index is 0.00000481. The molecule has 0 bridgehead atoms. The average Bonchev–Trinajstić information content (AvgIpc) is 2.90. The van der Waals surface area contributed by atoms with Crippen molar-refractivity contribution in [3.05, 3.63) is 24.3 Å². The second-order valence-electron chi connectivity index (χ2n) is 8.15. The Labute approximate surface area is 233 Å². The van der Waals surface area contributed by atoms with Gasteiger partial charge in [-0.15, -0.1) is 0 Å². The van der Waals surface area contributed by atoms with Crippen LogP contribution in [0.15, 0.2) is 24.3 Å². The second-order valence-corrected chi connectivity index (χ2v) is 9.23. The highest BCUT2D eigenvalue weighted by Gasteiger charge is 2.24. The summed E-state index contributed by atoms with van der Waals surface area (Å²) >= 11 is 1.67. The van der Waals surface area contributed by atoms with E-state index in [2.05, 4.69) is 21.9 Å². The first kappa shape index (κ1) is 31.2. The summed E-state index contributed by atoms with van der Waals surface area (Å²) in [5.41, 5.74) is 3.68. The summed E-state index contributed by atoms with van der Waals surface area (Å²) in [5, 5.41) is 0. The molecule has 37 heavy (non-hydrogen) atoms. The lowest BCUT2D eigenvalue weighted by atomic mass is 10.2. The van der Waals surface area contributed by atoms with E-state index in [1.807, 2.05) is 12.1 Å². The Morgan fingerprint density at radius 2 is 0.946 bits per heavy atom. The number of benzene rings is 2. The maximum Gasteiger partial charge on any atom is 0.262 e. The van der Waals surface area contributed by atoms with Gasteiger partial charge in [0.2, 0.25) is 11.3 Å². The minimum atomic E-state index is 0. The number of nitrogens with zero attached hydrogens (tertiary/aromatic N) is 3. The SMILES string of the molecule is COCCN(CCOC)c1cc(OC)c2nc3c(OC)cc(N(CCOC)CCOC)cc3[s+]c2c1.[Br-]. The third kappa shape index (κ3) is 7.98. The van der Waals surface area contributed by atoms with Crippen LogP contribution in [0.2, 0.25) is 0 Å². The number of hydrogen-bond donors (Lipinski definition) is 0. The van der Waals surface area contributed by atoms with Crippen molar-refractivity contribution in [1.82, 2.24) is 4.98 Å². The molecule has 0 aliphatic rings. The summed E-state index contributed by atoms with van der Waals surface area (Å²) in [7, 11) is 10.2. The third-order valence-electron chi connectivity index (χ3n) is 5.92. The predicted molar refractivity (Wildman–Crippen MR) is 147 cm³/mol. The van der Waals surface area contributed by atoms with Crippen LogP contribution in [0.1, 0.15) is 0 Å². The highest BCUT2D eigenvalue weighted by Crippen LogP contribution is 2.40. The topological polar surface area (TPSA) is 74.8 Å². The molecule has 3 aromatic rings. The minimum Gasteiger partial charge on any atom is -1.00 e. The molecule has 206 valence electrons. The Morgan fingerprint density at radius 1 is 0.595 bits per heavy atom. The summed E-state index contributed by atoms with van der Waals surface area (Å²) in [4.78, 5) is 9.47. The van der Waals surface area contributed by atoms with Gasteiger partial charge >= 0.3 is 0 Å². The fourth-order valence-electron chi connectivity index (χ4n) is 3.97. The van der Waals surface area contributed by atoms with Gasteiger partial charge in [-0.1, -0.05) is 0 Å². The highest BCUT2D eigenvalue weighted by atomic mass is 79.9. The van der Waals surface area contributed by atoms with Crippen LogP contribution in [0.4, 0.5) is 11.4 Å². The number of aromatic nitrogens is 1. The fourth-order valence-corrected chi connectivity index (χ4v) is 5.05. The lowest BCUT2D eigenvalue weighted by molar-refractivity contribution is -0.00000934. The van der Waals surface area contributed by atoms with Crippen molar-refractivity contribution in [3.63, 3.8) is 0 Å². The van der Waals surface area contributed by atoms with Gasteiger partial charge in [0.25, 0.3) is 9.40 Å². The third-order valence-corrected chi connectivity index (χ3v) is 6.99. The largest absolute Gasteiger partial charge is 1.00 e. The molecule has 0 radical (unpaired) electrons. The number of halogens is 1. The molecule has 9 nitrogen and oxygen atoms in total. The molecule has 3 rings (SSSR count). The number of ether oxygens (including phenoxy) is 6. The lowest BCUT2D eigenvalue weighted by Crippen LogP contribution is -3.00. The molecule has 0 atom stereocenters. The first-order valence-corrected chi connectivity index (χ1v) is 12.7. The van der Waals surface area contributed by atoms with E-state index in [1.165, 1.54) is 0 Å². The zero-order chi connectivity index (χ0) is 25.9. The smallest absolute Gasteiger partial charge is 0.262 e. The number of rotatable bonds is 16. The van der Waals surface area contributed by atoms with E-state index in [-0.39, 0.29) is 17.0 Å². The standard InChI is InChI=1S/C26H38N3O6S.BrH/c1-30-11-7-28(8-12-31-2)19-15-21(34-5)25-23(17-19)36-24-18-20(16-22(35-6)26(24)27-25)29(9-13-32-3)10-14-33-4;/h15-18H,7-14H2,1-6H3;1H/q+1;/p-1. The van der Waals surface area contributed by atoms with E-state index in [9.17, 15) is 0 Å². The lowest BCUT2D eigenvalue weighted by Gasteiger charge is -2.25. The summed E-state index contributed by atoms with van der Waals surface area (Å²) < 4.78 is 34.9. The van der Waals surface area contributed by atoms with Gasteiger partial charge in [-0.3, -0.25) is 0 Å². The van der Waals surface area contributed by atoms with Gasteiger partial charge in [0, 0.05) is 90.3 Å². The molecule has 0 N–H and O–H groups in total. The van der Waals surface area contributed by atoms with Crippen molar-refractivity contribution in [2.45, 2.75) is 0 Å². The Hall–Kier alpha value is -2.02. The van der Waals surface area contributed by atoms with Crippen molar-refractivity contribution in [2.24, 2.45) is 0 Å². The van der Waals surface area contributed by atoms with Gasteiger partial charge in [0.15, 0.2) is 22.5 Å². The zero-order valence-corrected chi connectivity index (χ0v) is 24.9.